The highest BCUT2D eigenvalue weighted by atomic mass is 32.1. The van der Waals surface area contributed by atoms with Crippen molar-refractivity contribution in [1.82, 2.24) is 5.43 Å². The maximum Gasteiger partial charge on any atom is 0.184 e. The summed E-state index contributed by atoms with van der Waals surface area (Å²) < 4.78 is 0. The van der Waals surface area contributed by atoms with Gasteiger partial charge in [-0.3, -0.25) is 5.43 Å². The van der Waals surface area contributed by atoms with Crippen LogP contribution in [0.4, 0.5) is 0 Å². The molecule has 0 radical (unpaired) electrons. The number of hydrazone groups is 1. The molecule has 58 valence electrons. The lowest BCUT2D eigenvalue weighted by atomic mass is 10.4. The van der Waals surface area contributed by atoms with Gasteiger partial charge in [0.15, 0.2) is 5.11 Å². The molecular formula is C6H7N3S2. The number of thiocarbonyl (C=S) groups is 1. The van der Waals surface area contributed by atoms with Crippen LogP contribution in [0.25, 0.3) is 0 Å². The molecule has 0 aliphatic heterocycles. The molecular weight excluding hydrogens is 178 g/mol. The first-order valence-corrected chi connectivity index (χ1v) is 4.25. The van der Waals surface area contributed by atoms with E-state index >= 15 is 0 Å². The summed E-state index contributed by atoms with van der Waals surface area (Å²) in [6.07, 6.45) is 1.66. The molecule has 0 fully saturated rings. The molecule has 0 bridgehead atoms. The highest BCUT2D eigenvalue weighted by molar-refractivity contribution is 7.80. The maximum absolute atomic E-state index is 5.14. The number of hydrogen-bond acceptors (Lipinski definition) is 3. The molecule has 1 aromatic heterocycles. The van der Waals surface area contributed by atoms with Gasteiger partial charge in [0.2, 0.25) is 0 Å². The van der Waals surface area contributed by atoms with Crippen LogP contribution >= 0.6 is 23.6 Å². The lowest BCUT2D eigenvalue weighted by Crippen LogP contribution is -2.23. The van der Waals surface area contributed by atoms with Gasteiger partial charge < -0.3 is 5.73 Å². The Morgan fingerprint density at radius 1 is 1.82 bits per heavy atom. The molecule has 0 saturated heterocycles. The molecule has 0 atom stereocenters. The fourth-order valence-corrected chi connectivity index (χ4v) is 1.18. The maximum atomic E-state index is 5.14. The largest absolute Gasteiger partial charge is 0.375 e. The van der Waals surface area contributed by atoms with E-state index in [0.717, 1.165) is 5.56 Å². The minimum Gasteiger partial charge on any atom is -0.375 e. The van der Waals surface area contributed by atoms with Gasteiger partial charge >= 0.3 is 0 Å². The molecule has 3 nitrogen and oxygen atoms in total. The minimum absolute atomic E-state index is 0.177. The fraction of sp³-hybridized carbons (Fsp3) is 0. The molecule has 0 amide bonds. The molecule has 1 rings (SSSR count). The van der Waals surface area contributed by atoms with Crippen LogP contribution in [0, 0.1) is 0 Å². The predicted octanol–water partition coefficient (Wildman–Crippen LogP) is 0.915. The van der Waals surface area contributed by atoms with Crippen LogP contribution in [-0.4, -0.2) is 11.3 Å². The third-order valence-electron chi connectivity index (χ3n) is 0.932. The van der Waals surface area contributed by atoms with Gasteiger partial charge in [0.25, 0.3) is 0 Å². The van der Waals surface area contributed by atoms with E-state index in [1.54, 1.807) is 17.6 Å². The first-order valence-electron chi connectivity index (χ1n) is 2.90. The van der Waals surface area contributed by atoms with E-state index in [2.05, 4.69) is 22.7 Å². The standard InChI is InChI=1S/C6H7N3S2/c7-6(10)9-8-3-5-1-2-11-4-5/h1-4H,(H3,7,9,10). The summed E-state index contributed by atoms with van der Waals surface area (Å²) in [4.78, 5) is 0. The molecule has 0 aliphatic rings. The highest BCUT2D eigenvalue weighted by Gasteiger charge is 1.84. The van der Waals surface area contributed by atoms with Crippen LogP contribution < -0.4 is 11.2 Å². The van der Waals surface area contributed by atoms with Crippen molar-refractivity contribution in [3.05, 3.63) is 22.4 Å². The van der Waals surface area contributed by atoms with Crippen LogP contribution in [0.15, 0.2) is 21.9 Å². The van der Waals surface area contributed by atoms with Gasteiger partial charge in [0.05, 0.1) is 6.21 Å². The molecule has 0 unspecified atom stereocenters. The quantitative estimate of drug-likeness (QED) is 0.409. The van der Waals surface area contributed by atoms with Crippen molar-refractivity contribution in [3.8, 4) is 0 Å². The highest BCUT2D eigenvalue weighted by Crippen LogP contribution is 2.01. The number of thiophene rings is 1. The van der Waals surface area contributed by atoms with E-state index in [9.17, 15) is 0 Å². The topological polar surface area (TPSA) is 50.4 Å². The Kier molecular flexibility index (Phi) is 3.00. The first kappa shape index (κ1) is 8.16. The van der Waals surface area contributed by atoms with E-state index in [0.29, 0.717) is 0 Å². The van der Waals surface area contributed by atoms with E-state index in [4.69, 9.17) is 5.73 Å². The van der Waals surface area contributed by atoms with Gasteiger partial charge in [-0.1, -0.05) is 0 Å². The molecule has 11 heavy (non-hydrogen) atoms. The van der Waals surface area contributed by atoms with Crippen molar-refractivity contribution < 1.29 is 0 Å². The Morgan fingerprint density at radius 3 is 3.18 bits per heavy atom. The van der Waals surface area contributed by atoms with Crippen molar-refractivity contribution in [2.24, 2.45) is 10.8 Å². The van der Waals surface area contributed by atoms with Crippen LogP contribution in [0.2, 0.25) is 0 Å². The van der Waals surface area contributed by atoms with Gasteiger partial charge in [-0.2, -0.15) is 16.4 Å². The average Bonchev–Trinajstić information content (AvgIpc) is 2.39. The Hall–Kier alpha value is -0.940. The van der Waals surface area contributed by atoms with E-state index in [1.165, 1.54) is 0 Å². The van der Waals surface area contributed by atoms with Gasteiger partial charge in [-0.15, -0.1) is 0 Å². The summed E-state index contributed by atoms with van der Waals surface area (Å²) in [5.41, 5.74) is 8.65. The summed E-state index contributed by atoms with van der Waals surface area (Å²) in [6.45, 7) is 0. The molecule has 0 spiro atoms. The summed E-state index contributed by atoms with van der Waals surface area (Å²) in [6, 6.07) is 1.95. The number of nitrogens with zero attached hydrogens (tertiary/aromatic N) is 1. The smallest absolute Gasteiger partial charge is 0.184 e. The summed E-state index contributed by atoms with van der Waals surface area (Å²) in [7, 11) is 0. The lowest BCUT2D eigenvalue weighted by Gasteiger charge is -1.91. The average molecular weight is 185 g/mol. The van der Waals surface area contributed by atoms with Gasteiger partial charge in [-0.05, 0) is 29.0 Å². The van der Waals surface area contributed by atoms with Crippen LogP contribution in [0.5, 0.6) is 0 Å². The van der Waals surface area contributed by atoms with Crippen molar-refractivity contribution in [2.75, 3.05) is 0 Å². The SMILES string of the molecule is NC(=S)NN=Cc1ccsc1. The summed E-state index contributed by atoms with van der Waals surface area (Å²) in [5, 5.41) is 7.91. The Balaban J connectivity index is 2.43. The van der Waals surface area contributed by atoms with Crippen molar-refractivity contribution in [2.45, 2.75) is 0 Å². The van der Waals surface area contributed by atoms with E-state index < -0.39 is 0 Å². The second kappa shape index (κ2) is 4.05. The number of nitrogens with one attached hydrogen (secondary N) is 1. The normalized spacial score (nSPS) is 10.2. The molecule has 1 heterocycles. The molecule has 5 heteroatoms. The predicted molar refractivity (Wildman–Crippen MR) is 51.8 cm³/mol. The van der Waals surface area contributed by atoms with Crippen LogP contribution in [0.1, 0.15) is 5.56 Å². The zero-order valence-electron chi connectivity index (χ0n) is 5.65. The zero-order chi connectivity index (χ0) is 8.10. The molecule has 0 aromatic carbocycles. The Labute approximate surface area is 73.9 Å². The fourth-order valence-electron chi connectivity index (χ4n) is 0.519. The third-order valence-corrected chi connectivity index (χ3v) is 1.72. The lowest BCUT2D eigenvalue weighted by molar-refractivity contribution is 1.04. The molecule has 0 aliphatic carbocycles. The second-order valence-corrected chi connectivity index (χ2v) is 3.01. The van der Waals surface area contributed by atoms with Gasteiger partial charge in [-0.25, -0.2) is 0 Å². The zero-order valence-corrected chi connectivity index (χ0v) is 7.28. The second-order valence-electron chi connectivity index (χ2n) is 1.79. The number of hydrogen-bond donors (Lipinski definition) is 2. The van der Waals surface area contributed by atoms with E-state index in [1.807, 2.05) is 16.8 Å². The number of nitrogens with two attached hydrogens (primary N) is 1. The van der Waals surface area contributed by atoms with Crippen LogP contribution in [-0.2, 0) is 0 Å². The monoisotopic (exact) mass is 185 g/mol. The van der Waals surface area contributed by atoms with Gasteiger partial charge in [0, 0.05) is 5.56 Å². The third kappa shape index (κ3) is 3.10. The Bertz CT molecular complexity index is 253. The first-order chi connectivity index (χ1) is 5.29. The number of rotatable bonds is 2. The summed E-state index contributed by atoms with van der Waals surface area (Å²) >= 11 is 6.16. The molecule has 0 saturated carbocycles. The van der Waals surface area contributed by atoms with Crippen molar-refractivity contribution in [3.63, 3.8) is 0 Å². The van der Waals surface area contributed by atoms with Crippen LogP contribution in [0.3, 0.4) is 0 Å². The van der Waals surface area contributed by atoms with Gasteiger partial charge in [0.1, 0.15) is 0 Å². The molecule has 3 N–H and O–H groups in total. The van der Waals surface area contributed by atoms with Crippen molar-refractivity contribution in [1.29, 1.82) is 0 Å². The minimum atomic E-state index is 0.177. The molecule has 1 aromatic rings. The summed E-state index contributed by atoms with van der Waals surface area (Å²) in [5.74, 6) is 0. The Morgan fingerprint density at radius 2 is 2.64 bits per heavy atom. The van der Waals surface area contributed by atoms with E-state index in [-0.39, 0.29) is 5.11 Å². The van der Waals surface area contributed by atoms with Crippen molar-refractivity contribution >= 4 is 34.9 Å².